The molecule has 0 radical (unpaired) electrons. The first kappa shape index (κ1) is 17.9. The topological polar surface area (TPSA) is 43.8 Å². The number of hydrogen-bond acceptors (Lipinski definition) is 4. The quantitative estimate of drug-likeness (QED) is 0.675. The first-order valence-corrected chi connectivity index (χ1v) is 9.60. The van der Waals surface area contributed by atoms with Gasteiger partial charge in [0.05, 0.1) is 6.54 Å². The molecule has 134 valence electrons. The summed E-state index contributed by atoms with van der Waals surface area (Å²) in [5.41, 5.74) is 2.73. The Bertz CT molecular complexity index is 716. The zero-order valence-corrected chi connectivity index (χ0v) is 16.1. The number of rotatable bonds is 4. The van der Waals surface area contributed by atoms with Crippen molar-refractivity contribution in [2.75, 3.05) is 33.2 Å². The minimum absolute atomic E-state index is 0.745. The highest BCUT2D eigenvalue weighted by molar-refractivity contribution is 7.11. The Hall–Kier alpha value is -1.92. The van der Waals surface area contributed by atoms with Gasteiger partial charge in [-0.1, -0.05) is 29.8 Å². The van der Waals surface area contributed by atoms with Gasteiger partial charge >= 0.3 is 0 Å². The fourth-order valence-corrected chi connectivity index (χ4v) is 3.88. The Labute approximate surface area is 154 Å². The average molecular weight is 358 g/mol. The van der Waals surface area contributed by atoms with Crippen LogP contribution in [0.4, 0.5) is 0 Å². The van der Waals surface area contributed by atoms with Crippen molar-refractivity contribution in [2.45, 2.75) is 26.9 Å². The van der Waals surface area contributed by atoms with Crippen LogP contribution in [0.2, 0.25) is 0 Å². The molecule has 0 aliphatic carbocycles. The lowest BCUT2D eigenvalue weighted by Gasteiger charge is -2.36. The number of benzene rings is 1. The third-order valence-electron chi connectivity index (χ3n) is 4.44. The van der Waals surface area contributed by atoms with Gasteiger partial charge in [-0.05, 0) is 19.4 Å². The van der Waals surface area contributed by atoms with Crippen molar-refractivity contribution in [3.8, 4) is 0 Å². The Morgan fingerprint density at radius 3 is 2.68 bits per heavy atom. The number of guanidine groups is 1. The van der Waals surface area contributed by atoms with E-state index in [9.17, 15) is 0 Å². The summed E-state index contributed by atoms with van der Waals surface area (Å²) >= 11 is 1.73. The molecule has 1 aromatic carbocycles. The molecule has 1 aliphatic heterocycles. The predicted molar refractivity (Wildman–Crippen MR) is 105 cm³/mol. The van der Waals surface area contributed by atoms with E-state index in [1.165, 1.54) is 16.0 Å². The van der Waals surface area contributed by atoms with Crippen LogP contribution in [0.25, 0.3) is 0 Å². The molecule has 0 atom stereocenters. The standard InChI is InChI=1S/C19H27N5S/c1-15-5-4-6-17(11-15)14-23-7-9-24(10-8-23)19(20-3)22-13-18-21-12-16(2)25-18/h4-6,11-12H,7-10,13-14H2,1-3H3,(H,20,22). The SMILES string of the molecule is CN=C(NCc1ncc(C)s1)N1CCN(Cc2cccc(C)c2)CC1. The number of aliphatic imine (C=N–C) groups is 1. The molecular formula is C19H27N5S. The van der Waals surface area contributed by atoms with Crippen LogP contribution in [0.5, 0.6) is 0 Å². The molecule has 1 aliphatic rings. The van der Waals surface area contributed by atoms with Gasteiger partial charge < -0.3 is 10.2 Å². The summed E-state index contributed by atoms with van der Waals surface area (Å²) < 4.78 is 0. The van der Waals surface area contributed by atoms with Gasteiger partial charge in [-0.2, -0.15) is 0 Å². The zero-order chi connectivity index (χ0) is 17.6. The Morgan fingerprint density at radius 2 is 2.04 bits per heavy atom. The predicted octanol–water partition coefficient (Wildman–Crippen LogP) is 2.65. The highest BCUT2D eigenvalue weighted by Gasteiger charge is 2.19. The van der Waals surface area contributed by atoms with Crippen molar-refractivity contribution < 1.29 is 0 Å². The van der Waals surface area contributed by atoms with Gasteiger partial charge in [0.2, 0.25) is 0 Å². The van der Waals surface area contributed by atoms with Crippen molar-refractivity contribution in [2.24, 2.45) is 4.99 Å². The van der Waals surface area contributed by atoms with Crippen molar-refractivity contribution in [3.05, 3.63) is 51.5 Å². The Kier molecular flexibility index (Phi) is 6.04. The number of piperazine rings is 1. The van der Waals surface area contributed by atoms with Gasteiger partial charge in [0, 0.05) is 50.8 Å². The van der Waals surface area contributed by atoms with E-state index in [-0.39, 0.29) is 0 Å². The number of nitrogens with zero attached hydrogens (tertiary/aromatic N) is 4. The molecule has 0 amide bonds. The van der Waals surface area contributed by atoms with Crippen molar-refractivity contribution >= 4 is 17.3 Å². The first-order valence-electron chi connectivity index (χ1n) is 8.79. The van der Waals surface area contributed by atoms with Crippen LogP contribution >= 0.6 is 11.3 Å². The molecule has 1 N–H and O–H groups in total. The van der Waals surface area contributed by atoms with Crippen LogP contribution in [0.15, 0.2) is 35.5 Å². The van der Waals surface area contributed by atoms with Crippen LogP contribution in [-0.4, -0.2) is 54.0 Å². The minimum Gasteiger partial charge on any atom is -0.350 e. The molecule has 0 saturated carbocycles. The van der Waals surface area contributed by atoms with E-state index in [0.29, 0.717) is 0 Å². The Morgan fingerprint density at radius 1 is 1.24 bits per heavy atom. The molecule has 1 fully saturated rings. The first-order chi connectivity index (χ1) is 12.1. The van der Waals surface area contributed by atoms with Gasteiger partial charge in [-0.25, -0.2) is 4.98 Å². The van der Waals surface area contributed by atoms with Crippen molar-refractivity contribution in [1.29, 1.82) is 0 Å². The molecule has 1 aromatic heterocycles. The Balaban J connectivity index is 1.48. The van der Waals surface area contributed by atoms with Gasteiger partial charge in [-0.15, -0.1) is 11.3 Å². The lowest BCUT2D eigenvalue weighted by atomic mass is 10.1. The zero-order valence-electron chi connectivity index (χ0n) is 15.3. The molecule has 5 nitrogen and oxygen atoms in total. The minimum atomic E-state index is 0.745. The molecule has 0 bridgehead atoms. The highest BCUT2D eigenvalue weighted by atomic mass is 32.1. The van der Waals surface area contributed by atoms with E-state index in [4.69, 9.17) is 0 Å². The largest absolute Gasteiger partial charge is 0.350 e. The fraction of sp³-hybridized carbons (Fsp3) is 0.474. The van der Waals surface area contributed by atoms with E-state index >= 15 is 0 Å². The number of nitrogens with one attached hydrogen (secondary N) is 1. The molecule has 2 aromatic rings. The number of hydrogen-bond donors (Lipinski definition) is 1. The van der Waals surface area contributed by atoms with E-state index in [1.807, 2.05) is 13.2 Å². The number of aryl methyl sites for hydroxylation is 2. The summed E-state index contributed by atoms with van der Waals surface area (Å²) in [6.07, 6.45) is 1.93. The molecule has 25 heavy (non-hydrogen) atoms. The number of aromatic nitrogens is 1. The van der Waals surface area contributed by atoms with Gasteiger partial charge in [-0.3, -0.25) is 9.89 Å². The van der Waals surface area contributed by atoms with Gasteiger partial charge in [0.1, 0.15) is 5.01 Å². The second-order valence-electron chi connectivity index (χ2n) is 6.52. The molecule has 0 unspecified atom stereocenters. The number of thiazole rings is 1. The second kappa shape index (κ2) is 8.45. The smallest absolute Gasteiger partial charge is 0.194 e. The lowest BCUT2D eigenvalue weighted by Crippen LogP contribution is -2.52. The monoisotopic (exact) mass is 357 g/mol. The van der Waals surface area contributed by atoms with Crippen LogP contribution < -0.4 is 5.32 Å². The summed E-state index contributed by atoms with van der Waals surface area (Å²) in [6.45, 7) is 10.1. The van der Waals surface area contributed by atoms with Crippen LogP contribution in [0.3, 0.4) is 0 Å². The molecular weight excluding hydrogens is 330 g/mol. The van der Waals surface area contributed by atoms with Crippen LogP contribution in [-0.2, 0) is 13.1 Å². The van der Waals surface area contributed by atoms with E-state index in [1.54, 1.807) is 11.3 Å². The maximum absolute atomic E-state index is 4.44. The maximum Gasteiger partial charge on any atom is 0.194 e. The molecule has 3 rings (SSSR count). The van der Waals surface area contributed by atoms with Crippen molar-refractivity contribution in [3.63, 3.8) is 0 Å². The summed E-state index contributed by atoms with van der Waals surface area (Å²) in [6, 6.07) is 8.80. The van der Waals surface area contributed by atoms with Gasteiger partial charge in [0.25, 0.3) is 0 Å². The lowest BCUT2D eigenvalue weighted by molar-refractivity contribution is 0.172. The van der Waals surface area contributed by atoms with E-state index < -0.39 is 0 Å². The molecule has 6 heteroatoms. The molecule has 0 spiro atoms. The molecule has 2 heterocycles. The summed E-state index contributed by atoms with van der Waals surface area (Å²) in [5, 5.41) is 4.55. The van der Waals surface area contributed by atoms with E-state index in [2.05, 4.69) is 63.2 Å². The summed E-state index contributed by atoms with van der Waals surface area (Å²) in [5.74, 6) is 0.975. The van der Waals surface area contributed by atoms with Crippen LogP contribution in [0, 0.1) is 13.8 Å². The molecule has 1 saturated heterocycles. The normalized spacial score (nSPS) is 16.3. The summed E-state index contributed by atoms with van der Waals surface area (Å²) in [7, 11) is 1.86. The van der Waals surface area contributed by atoms with E-state index in [0.717, 1.165) is 50.2 Å². The van der Waals surface area contributed by atoms with Crippen LogP contribution in [0.1, 0.15) is 21.0 Å². The maximum atomic E-state index is 4.44. The average Bonchev–Trinajstić information content (AvgIpc) is 3.02. The van der Waals surface area contributed by atoms with Gasteiger partial charge in [0.15, 0.2) is 5.96 Å². The summed E-state index contributed by atoms with van der Waals surface area (Å²) in [4.78, 5) is 15.0. The third-order valence-corrected chi connectivity index (χ3v) is 5.35. The fourth-order valence-electron chi connectivity index (χ4n) is 3.16. The third kappa shape index (κ3) is 5.03. The highest BCUT2D eigenvalue weighted by Crippen LogP contribution is 2.12. The second-order valence-corrected chi connectivity index (χ2v) is 7.84. The van der Waals surface area contributed by atoms with Crippen molar-refractivity contribution in [1.82, 2.24) is 20.1 Å².